The summed E-state index contributed by atoms with van der Waals surface area (Å²) in [7, 11) is 5.29. The average molecular weight is 1050 g/mol. The number of rotatable bonds is 10. The Hall–Kier alpha value is -6.36. The van der Waals surface area contributed by atoms with E-state index in [2.05, 4.69) is 0 Å². The molecule has 0 aliphatic carbocycles. The first-order chi connectivity index (χ1) is 33.4. The van der Waals surface area contributed by atoms with Crippen LogP contribution in [0, 0.1) is 0 Å². The molecule has 2 heterocycles. The molecule has 2 unspecified atom stereocenters. The van der Waals surface area contributed by atoms with Gasteiger partial charge in [-0.25, -0.2) is 18.4 Å². The van der Waals surface area contributed by atoms with Gasteiger partial charge in [0.2, 0.25) is 0 Å². The lowest BCUT2D eigenvalue weighted by Crippen LogP contribution is -2.44. The third-order valence-corrected chi connectivity index (χ3v) is 11.9. The van der Waals surface area contributed by atoms with E-state index in [4.69, 9.17) is 28.4 Å². The van der Waals surface area contributed by atoms with Crippen LogP contribution in [0.25, 0.3) is 0 Å². The number of hydrogen-bond acceptors (Lipinski definition) is 8. The molecule has 0 bridgehead atoms. The Bertz CT molecular complexity index is 2340. The van der Waals surface area contributed by atoms with Crippen LogP contribution in [0.4, 0.5) is 82.4 Å². The zero-order valence-electron chi connectivity index (χ0n) is 39.5. The summed E-state index contributed by atoms with van der Waals surface area (Å²) in [5.74, 6) is -1.74. The highest BCUT2D eigenvalue weighted by Crippen LogP contribution is 2.53. The molecule has 24 heteroatoms. The van der Waals surface area contributed by atoms with Gasteiger partial charge in [-0.2, -0.15) is 52.7 Å². The Kier molecular flexibility index (Phi) is 17.1. The van der Waals surface area contributed by atoms with E-state index in [0.29, 0.717) is 24.3 Å². The summed E-state index contributed by atoms with van der Waals surface area (Å²) < 4.78 is 223. The molecule has 2 aliphatic heterocycles. The number of hydrogen-bond donors (Lipinski definition) is 0. The standard InChI is InChI=1S/2C24H24F7NO4/c2*1-5-36-22(33)32-12(2)6-17(16-10-19(34-3)20(35-4)11-18(16)32)21(25)13-7-14(23(26,27)28)9-15(8-13)24(29,30)31/h2*7-12,17,21H,5-6H2,1-4H3/t2*12-,17-,21?/m10/s1. The number of nitrogens with zero attached hydrogens (tertiary/aromatic N) is 2. The average Bonchev–Trinajstić information content (AvgIpc) is 3.30. The predicted molar refractivity (Wildman–Crippen MR) is 232 cm³/mol. The number of anilines is 2. The summed E-state index contributed by atoms with van der Waals surface area (Å²) in [5, 5.41) is 0. The third kappa shape index (κ3) is 12.1. The molecular weight excluding hydrogens is 999 g/mol. The number of benzene rings is 4. The minimum atomic E-state index is -5.12. The number of halogens is 14. The Balaban J connectivity index is 0.000000267. The quantitative estimate of drug-likeness (QED) is 0.145. The van der Waals surface area contributed by atoms with Gasteiger partial charge in [-0.1, -0.05) is 0 Å². The van der Waals surface area contributed by atoms with Crippen molar-refractivity contribution >= 4 is 23.6 Å². The highest BCUT2D eigenvalue weighted by Gasteiger charge is 2.45. The van der Waals surface area contributed by atoms with Gasteiger partial charge in [0, 0.05) is 36.1 Å². The molecule has 0 fully saturated rings. The lowest BCUT2D eigenvalue weighted by molar-refractivity contribution is -0.144. The number of ether oxygens (including phenoxy) is 6. The van der Waals surface area contributed by atoms with Crippen molar-refractivity contribution in [3.8, 4) is 23.0 Å². The van der Waals surface area contributed by atoms with Gasteiger partial charge in [-0.3, -0.25) is 9.80 Å². The maximum atomic E-state index is 16.0. The summed E-state index contributed by atoms with van der Waals surface area (Å²) >= 11 is 0. The van der Waals surface area contributed by atoms with Crippen LogP contribution in [0.15, 0.2) is 60.7 Å². The van der Waals surface area contributed by atoms with Gasteiger partial charge >= 0.3 is 36.9 Å². The molecule has 0 aromatic heterocycles. The van der Waals surface area contributed by atoms with Crippen molar-refractivity contribution in [2.75, 3.05) is 51.5 Å². The predicted octanol–water partition coefficient (Wildman–Crippen LogP) is 14.6. The van der Waals surface area contributed by atoms with E-state index in [1.54, 1.807) is 27.7 Å². The molecule has 0 saturated heterocycles. The Morgan fingerprint density at radius 2 is 0.750 bits per heavy atom. The van der Waals surface area contributed by atoms with Gasteiger partial charge in [0.05, 0.1) is 75.3 Å². The minimum absolute atomic E-state index is 0.0459. The number of fused-ring (bicyclic) bond motifs is 2. The summed E-state index contributed by atoms with van der Waals surface area (Å²) in [6, 6.07) is 5.52. The number of carbonyl (C=O) groups is 2. The van der Waals surface area contributed by atoms with Crippen LogP contribution < -0.4 is 28.7 Å². The first kappa shape index (κ1) is 56.6. The van der Waals surface area contributed by atoms with Crippen LogP contribution >= 0.6 is 0 Å². The lowest BCUT2D eigenvalue weighted by atomic mass is 9.80. The summed E-state index contributed by atoms with van der Waals surface area (Å²) in [6.45, 7) is 6.42. The number of amides is 2. The third-order valence-electron chi connectivity index (χ3n) is 11.9. The van der Waals surface area contributed by atoms with E-state index in [1.807, 2.05) is 0 Å². The van der Waals surface area contributed by atoms with Crippen molar-refractivity contribution in [2.24, 2.45) is 0 Å². The van der Waals surface area contributed by atoms with Crippen LogP contribution in [0.2, 0.25) is 0 Å². The molecular formula is C48H48F14N2O8. The zero-order valence-corrected chi connectivity index (χ0v) is 39.5. The molecule has 4 aromatic carbocycles. The molecule has 396 valence electrons. The van der Waals surface area contributed by atoms with E-state index in [9.17, 15) is 62.3 Å². The van der Waals surface area contributed by atoms with Gasteiger partial charge in [0.25, 0.3) is 0 Å². The van der Waals surface area contributed by atoms with Crippen LogP contribution in [0.3, 0.4) is 0 Å². The molecule has 2 aliphatic rings. The van der Waals surface area contributed by atoms with Crippen molar-refractivity contribution in [3.63, 3.8) is 0 Å². The molecule has 10 nitrogen and oxygen atoms in total. The maximum absolute atomic E-state index is 16.0. The first-order valence-electron chi connectivity index (χ1n) is 21.8. The van der Waals surface area contributed by atoms with Crippen LogP contribution in [0.5, 0.6) is 23.0 Å². The van der Waals surface area contributed by atoms with Crippen molar-refractivity contribution in [1.82, 2.24) is 0 Å². The largest absolute Gasteiger partial charge is 0.493 e. The number of carbonyl (C=O) groups excluding carboxylic acids is 2. The normalized spacial score (nSPS) is 18.9. The van der Waals surface area contributed by atoms with E-state index in [-0.39, 0.29) is 83.7 Å². The minimum Gasteiger partial charge on any atom is -0.493 e. The van der Waals surface area contributed by atoms with Crippen molar-refractivity contribution in [1.29, 1.82) is 0 Å². The molecule has 0 spiro atoms. The van der Waals surface area contributed by atoms with Crippen molar-refractivity contribution < 1.29 is 99.5 Å². The molecule has 0 radical (unpaired) electrons. The fourth-order valence-corrected chi connectivity index (χ4v) is 8.69. The monoisotopic (exact) mass is 1050 g/mol. The Morgan fingerprint density at radius 1 is 0.486 bits per heavy atom. The lowest BCUT2D eigenvalue weighted by Gasteiger charge is -2.40. The molecule has 0 saturated carbocycles. The van der Waals surface area contributed by atoms with Gasteiger partial charge in [0.15, 0.2) is 23.0 Å². The number of alkyl halides is 14. The second-order valence-corrected chi connectivity index (χ2v) is 16.5. The fourth-order valence-electron chi connectivity index (χ4n) is 8.69. The second kappa shape index (κ2) is 21.8. The van der Waals surface area contributed by atoms with Crippen molar-refractivity contribution in [3.05, 3.63) is 105 Å². The van der Waals surface area contributed by atoms with E-state index in [0.717, 1.165) is 0 Å². The molecule has 4 aromatic rings. The van der Waals surface area contributed by atoms with Gasteiger partial charge in [-0.05, 0) is 111 Å². The van der Waals surface area contributed by atoms with E-state index in [1.165, 1.54) is 62.5 Å². The Labute approximate surface area is 403 Å². The van der Waals surface area contributed by atoms with Crippen LogP contribution in [-0.2, 0) is 34.2 Å². The summed E-state index contributed by atoms with van der Waals surface area (Å²) in [4.78, 5) is 27.8. The topological polar surface area (TPSA) is 96.0 Å². The van der Waals surface area contributed by atoms with Gasteiger partial charge in [-0.15, -0.1) is 0 Å². The molecule has 2 amide bonds. The van der Waals surface area contributed by atoms with Crippen LogP contribution in [0.1, 0.15) is 109 Å². The van der Waals surface area contributed by atoms with E-state index < -0.39 is 107 Å². The molecule has 72 heavy (non-hydrogen) atoms. The highest BCUT2D eigenvalue weighted by molar-refractivity contribution is 5.92. The number of methoxy groups -OCH3 is 4. The van der Waals surface area contributed by atoms with Crippen molar-refractivity contribution in [2.45, 2.75) is 102 Å². The summed E-state index contributed by atoms with van der Waals surface area (Å²) in [5.41, 5.74) is -7.40. The van der Waals surface area contributed by atoms with Gasteiger partial charge < -0.3 is 28.4 Å². The summed E-state index contributed by atoms with van der Waals surface area (Å²) in [6.07, 6.45) is -26.7. The smallest absolute Gasteiger partial charge is 0.416 e. The van der Waals surface area contributed by atoms with Gasteiger partial charge in [0.1, 0.15) is 12.3 Å². The second-order valence-electron chi connectivity index (χ2n) is 16.5. The maximum Gasteiger partial charge on any atom is 0.416 e. The van der Waals surface area contributed by atoms with E-state index >= 15 is 8.78 Å². The zero-order chi connectivity index (χ0) is 54.0. The highest BCUT2D eigenvalue weighted by atomic mass is 19.4. The molecule has 6 atom stereocenters. The molecule has 6 rings (SSSR count). The molecule has 0 N–H and O–H groups in total. The Morgan fingerprint density at radius 3 is 0.986 bits per heavy atom. The SMILES string of the molecule is CCOC(=O)N1c2cc(OC)c(OC)cc2[C@@H](C(F)c2cc(C(F)(F)F)cc(C(F)(F)F)c2)C[C@@H]1C.CCOC(=O)N1c2cc(OC)c(OC)cc2[C@H](C(F)c2cc(C(F)(F)F)cc(C(F)(F)F)c2)C[C@H]1C. The first-order valence-corrected chi connectivity index (χ1v) is 21.8. The fraction of sp³-hybridized carbons (Fsp3) is 0.458. The van der Waals surface area contributed by atoms with Crippen LogP contribution in [-0.4, -0.2) is 65.9 Å².